The molecular formula is C24H20Cl2N4O2S. The van der Waals surface area contributed by atoms with Gasteiger partial charge >= 0.3 is 0 Å². The van der Waals surface area contributed by atoms with Crippen molar-refractivity contribution in [2.45, 2.75) is 13.5 Å². The summed E-state index contributed by atoms with van der Waals surface area (Å²) in [6, 6.07) is 20.1. The van der Waals surface area contributed by atoms with Crippen molar-refractivity contribution in [3.05, 3.63) is 87.1 Å². The topological polar surface area (TPSA) is 61.1 Å². The molecule has 0 spiro atoms. The summed E-state index contributed by atoms with van der Waals surface area (Å²) in [7, 11) is 1.58. The van der Waals surface area contributed by atoms with Crippen LogP contribution in [0, 0.1) is 11.7 Å². The Balaban J connectivity index is 1.79. The number of benzene rings is 3. The molecule has 1 aromatic heterocycles. The van der Waals surface area contributed by atoms with Gasteiger partial charge in [-0.2, -0.15) is 5.10 Å². The number of hydrogen-bond acceptors (Lipinski definition) is 4. The van der Waals surface area contributed by atoms with E-state index in [1.165, 1.54) is 4.68 Å². The Kier molecular flexibility index (Phi) is 6.83. The zero-order valence-electron chi connectivity index (χ0n) is 17.9. The molecule has 33 heavy (non-hydrogen) atoms. The normalized spacial score (nSPS) is 10.8. The van der Waals surface area contributed by atoms with Crippen LogP contribution in [0.3, 0.4) is 0 Å². The van der Waals surface area contributed by atoms with Gasteiger partial charge in [-0.25, -0.2) is 4.68 Å². The number of carbonyl (C=O) groups excluding carboxylic acids is 1. The van der Waals surface area contributed by atoms with E-state index >= 15 is 0 Å². The Morgan fingerprint density at radius 1 is 1.09 bits per heavy atom. The van der Waals surface area contributed by atoms with Gasteiger partial charge in [-0.1, -0.05) is 53.0 Å². The fraction of sp³-hybridized carbons (Fsp3) is 0.125. The second kappa shape index (κ2) is 9.79. The summed E-state index contributed by atoms with van der Waals surface area (Å²) in [4.78, 5) is 12.8. The van der Waals surface area contributed by atoms with Gasteiger partial charge in [-0.15, -0.1) is 0 Å². The van der Waals surface area contributed by atoms with Crippen molar-refractivity contribution in [1.29, 1.82) is 0 Å². The predicted octanol–water partition coefficient (Wildman–Crippen LogP) is 6.33. The zero-order chi connectivity index (χ0) is 23.5. The van der Waals surface area contributed by atoms with Crippen molar-refractivity contribution in [2.75, 3.05) is 12.4 Å². The Hall–Kier alpha value is -3.13. The van der Waals surface area contributed by atoms with E-state index in [9.17, 15) is 4.79 Å². The number of rotatable bonds is 6. The van der Waals surface area contributed by atoms with Crippen molar-refractivity contribution in [3.63, 3.8) is 0 Å². The molecule has 0 saturated heterocycles. The molecule has 0 atom stereocenters. The highest BCUT2D eigenvalue weighted by Gasteiger charge is 2.20. The monoisotopic (exact) mass is 498 g/mol. The molecule has 1 heterocycles. The molecule has 4 rings (SSSR count). The van der Waals surface area contributed by atoms with Gasteiger partial charge in [0.15, 0.2) is 5.82 Å². The molecule has 6 nitrogen and oxygen atoms in total. The number of ether oxygens (including phenoxy) is 1. The van der Waals surface area contributed by atoms with E-state index in [1.807, 2.05) is 55.5 Å². The third-order valence-electron chi connectivity index (χ3n) is 4.97. The smallest absolute Gasteiger partial charge is 0.246 e. The molecule has 0 saturated carbocycles. The van der Waals surface area contributed by atoms with Crippen molar-refractivity contribution >= 4 is 47.0 Å². The second-order valence-corrected chi connectivity index (χ2v) is 8.52. The molecule has 0 aliphatic carbocycles. The Morgan fingerprint density at radius 3 is 2.52 bits per heavy atom. The molecule has 0 bridgehead atoms. The van der Waals surface area contributed by atoms with Gasteiger partial charge in [-0.05, 0) is 61.6 Å². The van der Waals surface area contributed by atoms with Crippen molar-refractivity contribution in [1.82, 2.24) is 14.3 Å². The molecular weight excluding hydrogens is 479 g/mol. The summed E-state index contributed by atoms with van der Waals surface area (Å²) in [5.41, 5.74) is 3.10. The third kappa shape index (κ3) is 4.95. The lowest BCUT2D eigenvalue weighted by Crippen LogP contribution is -2.19. The second-order valence-electron chi connectivity index (χ2n) is 7.31. The van der Waals surface area contributed by atoms with Crippen LogP contribution in [-0.2, 0) is 11.3 Å². The van der Waals surface area contributed by atoms with E-state index < -0.39 is 0 Å². The fourth-order valence-electron chi connectivity index (χ4n) is 3.36. The van der Waals surface area contributed by atoms with Crippen LogP contribution in [0.1, 0.15) is 5.56 Å². The number of nitrogens with zero attached hydrogens (tertiary/aromatic N) is 3. The lowest BCUT2D eigenvalue weighted by Gasteiger charge is -2.12. The summed E-state index contributed by atoms with van der Waals surface area (Å²) in [6.07, 6.45) is 0. The van der Waals surface area contributed by atoms with Crippen LogP contribution in [-0.4, -0.2) is 27.4 Å². The lowest BCUT2D eigenvalue weighted by atomic mass is 10.2. The van der Waals surface area contributed by atoms with Crippen LogP contribution in [0.2, 0.25) is 10.0 Å². The van der Waals surface area contributed by atoms with Crippen molar-refractivity contribution in [2.24, 2.45) is 0 Å². The highest BCUT2D eigenvalue weighted by molar-refractivity contribution is 7.71. The zero-order valence-corrected chi connectivity index (χ0v) is 20.2. The van der Waals surface area contributed by atoms with E-state index in [0.29, 0.717) is 43.3 Å². The molecule has 0 aliphatic rings. The van der Waals surface area contributed by atoms with Gasteiger partial charge in [-0.3, -0.25) is 9.36 Å². The fourth-order valence-corrected chi connectivity index (χ4v) is 4.14. The van der Waals surface area contributed by atoms with Crippen LogP contribution in [0.5, 0.6) is 5.75 Å². The molecule has 0 unspecified atom stereocenters. The first-order valence-corrected chi connectivity index (χ1v) is 11.2. The number of amides is 1. The number of carbonyl (C=O) groups is 1. The van der Waals surface area contributed by atoms with Crippen LogP contribution in [0.4, 0.5) is 5.69 Å². The summed E-state index contributed by atoms with van der Waals surface area (Å²) in [6.45, 7) is 1.91. The Morgan fingerprint density at radius 2 is 1.82 bits per heavy atom. The average Bonchev–Trinajstić information content (AvgIpc) is 3.10. The minimum atomic E-state index is -0.256. The maximum Gasteiger partial charge on any atom is 0.246 e. The number of aryl methyl sites for hydroxylation is 1. The molecule has 1 amide bonds. The highest BCUT2D eigenvalue weighted by atomic mass is 35.5. The van der Waals surface area contributed by atoms with E-state index in [4.69, 9.17) is 40.2 Å². The quantitative estimate of drug-likeness (QED) is 0.315. The summed E-state index contributed by atoms with van der Waals surface area (Å²) < 4.78 is 9.06. The Bertz CT molecular complexity index is 1380. The van der Waals surface area contributed by atoms with Crippen LogP contribution < -0.4 is 10.1 Å². The van der Waals surface area contributed by atoms with Crippen molar-refractivity contribution < 1.29 is 9.53 Å². The molecule has 9 heteroatoms. The highest BCUT2D eigenvalue weighted by Crippen LogP contribution is 2.33. The van der Waals surface area contributed by atoms with Crippen LogP contribution in [0.15, 0.2) is 66.7 Å². The van der Waals surface area contributed by atoms with E-state index in [0.717, 1.165) is 5.56 Å². The van der Waals surface area contributed by atoms with Gasteiger partial charge in [0, 0.05) is 16.3 Å². The van der Waals surface area contributed by atoms with E-state index in [1.54, 1.807) is 29.9 Å². The van der Waals surface area contributed by atoms with Gasteiger partial charge in [0.2, 0.25) is 10.7 Å². The number of methoxy groups -OCH3 is 1. The summed E-state index contributed by atoms with van der Waals surface area (Å²) in [5.74, 6) is 0.811. The third-order valence-corrected chi connectivity index (χ3v) is 5.91. The maximum absolute atomic E-state index is 12.8. The number of aromatic nitrogens is 3. The summed E-state index contributed by atoms with van der Waals surface area (Å²) >= 11 is 18.3. The lowest BCUT2D eigenvalue weighted by molar-refractivity contribution is -0.116. The molecule has 168 valence electrons. The number of halogens is 2. The van der Waals surface area contributed by atoms with Crippen molar-refractivity contribution in [3.8, 4) is 22.8 Å². The maximum atomic E-state index is 12.8. The molecule has 1 N–H and O–H groups in total. The van der Waals surface area contributed by atoms with E-state index in [2.05, 4.69) is 10.4 Å². The molecule has 4 aromatic rings. The molecule has 0 fully saturated rings. The predicted molar refractivity (Wildman–Crippen MR) is 134 cm³/mol. The number of anilines is 1. The largest absolute Gasteiger partial charge is 0.495 e. The van der Waals surface area contributed by atoms with Gasteiger partial charge < -0.3 is 10.1 Å². The minimum Gasteiger partial charge on any atom is -0.495 e. The molecule has 0 aliphatic heterocycles. The van der Waals surface area contributed by atoms with Gasteiger partial charge in [0.1, 0.15) is 12.3 Å². The first kappa shape index (κ1) is 23.0. The SMILES string of the molecule is COc1ccccc1-n1c(-c2ccc(Cl)cc2Cl)nn(CC(=O)Nc2ccc(C)cc2)c1=S. The van der Waals surface area contributed by atoms with Gasteiger partial charge in [0.05, 0.1) is 17.8 Å². The number of nitrogens with one attached hydrogen (secondary N) is 1. The first-order valence-electron chi connectivity index (χ1n) is 10.0. The first-order chi connectivity index (χ1) is 15.9. The molecule has 0 radical (unpaired) electrons. The van der Waals surface area contributed by atoms with Crippen LogP contribution in [0.25, 0.3) is 17.1 Å². The standard InChI is InChI=1S/C24H20Cl2N4O2S/c1-15-7-10-17(11-8-15)27-22(31)14-29-24(33)30(20-5-3-4-6-21(20)32-2)23(28-29)18-12-9-16(25)13-19(18)26/h3-13H,14H2,1-2H3,(H,27,31). The Labute approximate surface area is 206 Å². The number of para-hydroxylation sites is 2. The minimum absolute atomic E-state index is 0.0763. The average molecular weight is 499 g/mol. The van der Waals surface area contributed by atoms with Crippen LogP contribution >= 0.6 is 35.4 Å². The van der Waals surface area contributed by atoms with Gasteiger partial charge in [0.25, 0.3) is 0 Å². The summed E-state index contributed by atoms with van der Waals surface area (Å²) in [5, 5.41) is 8.44. The number of hydrogen-bond donors (Lipinski definition) is 1. The van der Waals surface area contributed by atoms with E-state index in [-0.39, 0.29) is 12.5 Å². The molecule has 3 aromatic carbocycles.